The van der Waals surface area contributed by atoms with Crippen LogP contribution in [0.5, 0.6) is 0 Å². The second-order valence-electron chi connectivity index (χ2n) is 6.65. The molecule has 2 unspecified atom stereocenters. The predicted octanol–water partition coefficient (Wildman–Crippen LogP) is 0.316. The normalized spacial score (nSPS) is 28.9. The third-order valence-corrected chi connectivity index (χ3v) is 6.18. The van der Waals surface area contributed by atoms with Gasteiger partial charge in [0.25, 0.3) is 0 Å². The molecule has 1 aliphatic heterocycles. The zero-order valence-corrected chi connectivity index (χ0v) is 13.1. The Kier molecular flexibility index (Phi) is 4.19. The van der Waals surface area contributed by atoms with Gasteiger partial charge in [0, 0.05) is 12.6 Å². The maximum Gasteiger partial charge on any atom is 0.323 e. The van der Waals surface area contributed by atoms with E-state index in [0.29, 0.717) is 18.9 Å². The molecule has 8 heteroatoms. The van der Waals surface area contributed by atoms with E-state index in [2.05, 4.69) is 19.2 Å². The molecule has 2 rings (SSSR count). The molecule has 0 aromatic heterocycles. The van der Waals surface area contributed by atoms with E-state index in [4.69, 9.17) is 5.11 Å². The predicted molar refractivity (Wildman–Crippen MR) is 76.7 cm³/mol. The topological polar surface area (TPSA) is 104 Å². The van der Waals surface area contributed by atoms with Crippen molar-refractivity contribution in [2.75, 3.05) is 24.6 Å². The van der Waals surface area contributed by atoms with Gasteiger partial charge in [-0.25, -0.2) is 13.2 Å². The quantitative estimate of drug-likeness (QED) is 0.759. The zero-order chi connectivity index (χ0) is 15.8. The van der Waals surface area contributed by atoms with Crippen LogP contribution in [-0.4, -0.2) is 61.1 Å². The SMILES string of the molecule is CC1(C)CC1CNC(=O)N(CC(=O)O)C1CCS(=O)(=O)C1. The van der Waals surface area contributed by atoms with Gasteiger partial charge in [-0.1, -0.05) is 13.8 Å². The summed E-state index contributed by atoms with van der Waals surface area (Å²) < 4.78 is 23.0. The summed E-state index contributed by atoms with van der Waals surface area (Å²) in [5.41, 5.74) is 0.224. The Morgan fingerprint density at radius 2 is 2.00 bits per heavy atom. The van der Waals surface area contributed by atoms with Gasteiger partial charge in [0.15, 0.2) is 9.84 Å². The first-order chi connectivity index (χ1) is 9.61. The van der Waals surface area contributed by atoms with E-state index in [1.165, 1.54) is 0 Å². The largest absolute Gasteiger partial charge is 0.480 e. The standard InChI is InChI=1S/C13H22N2O5S/c1-13(2)5-9(13)6-14-12(18)15(7-11(16)17)10-3-4-21(19,20)8-10/h9-10H,3-8H2,1-2H3,(H,14,18)(H,16,17). The number of carboxylic acids is 1. The minimum Gasteiger partial charge on any atom is -0.480 e. The van der Waals surface area contributed by atoms with Crippen molar-refractivity contribution in [1.29, 1.82) is 0 Å². The van der Waals surface area contributed by atoms with Crippen LogP contribution < -0.4 is 5.32 Å². The molecule has 0 radical (unpaired) electrons. The van der Waals surface area contributed by atoms with Crippen LogP contribution in [0.15, 0.2) is 0 Å². The average molecular weight is 318 g/mol. The molecular weight excluding hydrogens is 296 g/mol. The number of hydrogen-bond acceptors (Lipinski definition) is 4. The molecule has 0 spiro atoms. The van der Waals surface area contributed by atoms with Crippen LogP contribution in [-0.2, 0) is 14.6 Å². The molecule has 0 aromatic carbocycles. The second kappa shape index (κ2) is 5.47. The molecule has 2 amide bonds. The fourth-order valence-corrected chi connectivity index (χ4v) is 4.50. The summed E-state index contributed by atoms with van der Waals surface area (Å²) in [5, 5.41) is 11.7. The van der Waals surface area contributed by atoms with E-state index in [1.54, 1.807) is 0 Å². The lowest BCUT2D eigenvalue weighted by Crippen LogP contribution is -2.49. The number of amides is 2. The van der Waals surface area contributed by atoms with Gasteiger partial charge in [0.1, 0.15) is 6.54 Å². The summed E-state index contributed by atoms with van der Waals surface area (Å²) in [6, 6.07) is -1.03. The molecule has 1 aliphatic carbocycles. The minimum atomic E-state index is -3.16. The summed E-state index contributed by atoms with van der Waals surface area (Å²) >= 11 is 0. The molecule has 0 bridgehead atoms. The highest BCUT2D eigenvalue weighted by Gasteiger charge is 2.45. The fraction of sp³-hybridized carbons (Fsp3) is 0.846. The first-order valence-corrected chi connectivity index (χ1v) is 8.89. The monoisotopic (exact) mass is 318 g/mol. The summed E-state index contributed by atoms with van der Waals surface area (Å²) in [6.07, 6.45) is 1.34. The highest BCUT2D eigenvalue weighted by molar-refractivity contribution is 7.91. The van der Waals surface area contributed by atoms with Gasteiger partial charge in [-0.2, -0.15) is 0 Å². The third kappa shape index (κ3) is 4.09. The first-order valence-electron chi connectivity index (χ1n) is 7.07. The Morgan fingerprint density at radius 3 is 2.43 bits per heavy atom. The highest BCUT2D eigenvalue weighted by atomic mass is 32.2. The number of carbonyl (C=O) groups is 2. The van der Waals surface area contributed by atoms with E-state index in [1.807, 2.05) is 0 Å². The van der Waals surface area contributed by atoms with Crippen LogP contribution in [0.3, 0.4) is 0 Å². The lowest BCUT2D eigenvalue weighted by molar-refractivity contribution is -0.138. The summed E-state index contributed by atoms with van der Waals surface area (Å²) in [6.45, 7) is 4.26. The van der Waals surface area contributed by atoms with E-state index in [9.17, 15) is 18.0 Å². The van der Waals surface area contributed by atoms with Crippen molar-refractivity contribution >= 4 is 21.8 Å². The van der Waals surface area contributed by atoms with Gasteiger partial charge < -0.3 is 15.3 Å². The summed E-state index contributed by atoms with van der Waals surface area (Å²) in [7, 11) is -3.16. The van der Waals surface area contributed by atoms with E-state index in [-0.39, 0.29) is 16.9 Å². The van der Waals surface area contributed by atoms with Crippen molar-refractivity contribution in [3.05, 3.63) is 0 Å². The highest BCUT2D eigenvalue weighted by Crippen LogP contribution is 2.50. The third-order valence-electron chi connectivity index (χ3n) is 4.43. The van der Waals surface area contributed by atoms with Crippen molar-refractivity contribution in [2.45, 2.75) is 32.7 Å². The van der Waals surface area contributed by atoms with Crippen LogP contribution in [0.25, 0.3) is 0 Å². The van der Waals surface area contributed by atoms with E-state index < -0.39 is 34.4 Å². The Bertz CT molecular complexity index is 543. The number of carbonyl (C=O) groups excluding carboxylic acids is 1. The van der Waals surface area contributed by atoms with Crippen molar-refractivity contribution in [1.82, 2.24) is 10.2 Å². The molecule has 2 fully saturated rings. The molecule has 2 aliphatic rings. The lowest BCUT2D eigenvalue weighted by Gasteiger charge is -2.26. The second-order valence-corrected chi connectivity index (χ2v) is 8.88. The van der Waals surface area contributed by atoms with Crippen molar-refractivity contribution in [2.24, 2.45) is 11.3 Å². The van der Waals surface area contributed by atoms with Gasteiger partial charge >= 0.3 is 12.0 Å². The van der Waals surface area contributed by atoms with Crippen LogP contribution in [0.4, 0.5) is 4.79 Å². The average Bonchev–Trinajstić information content (AvgIpc) is 2.79. The number of nitrogens with zero attached hydrogens (tertiary/aromatic N) is 1. The van der Waals surface area contributed by atoms with Crippen LogP contribution in [0.1, 0.15) is 26.7 Å². The van der Waals surface area contributed by atoms with E-state index >= 15 is 0 Å². The smallest absolute Gasteiger partial charge is 0.323 e. The first kappa shape index (κ1) is 16.1. The number of hydrogen-bond donors (Lipinski definition) is 2. The molecule has 2 N–H and O–H groups in total. The minimum absolute atomic E-state index is 0.0106. The molecule has 0 aromatic rings. The number of carboxylic acid groups (broad SMARTS) is 1. The molecule has 7 nitrogen and oxygen atoms in total. The van der Waals surface area contributed by atoms with Gasteiger partial charge in [-0.15, -0.1) is 0 Å². The molecule has 21 heavy (non-hydrogen) atoms. The summed E-state index contributed by atoms with van der Waals surface area (Å²) in [5.74, 6) is -0.874. The Morgan fingerprint density at radius 1 is 1.38 bits per heavy atom. The van der Waals surface area contributed by atoms with E-state index in [0.717, 1.165) is 11.3 Å². The Balaban J connectivity index is 1.95. The molecule has 2 atom stereocenters. The van der Waals surface area contributed by atoms with Crippen molar-refractivity contribution in [3.8, 4) is 0 Å². The maximum absolute atomic E-state index is 12.2. The Hall–Kier alpha value is -1.31. The number of nitrogens with one attached hydrogen (secondary N) is 1. The number of aliphatic carboxylic acids is 1. The lowest BCUT2D eigenvalue weighted by atomic mass is 10.1. The molecule has 1 saturated carbocycles. The maximum atomic E-state index is 12.2. The van der Waals surface area contributed by atoms with Crippen LogP contribution >= 0.6 is 0 Å². The molecule has 1 heterocycles. The number of rotatable bonds is 5. The van der Waals surface area contributed by atoms with Gasteiger partial charge in [0.2, 0.25) is 0 Å². The van der Waals surface area contributed by atoms with Gasteiger partial charge in [-0.3, -0.25) is 4.79 Å². The van der Waals surface area contributed by atoms with Gasteiger partial charge in [-0.05, 0) is 24.2 Å². The number of urea groups is 1. The van der Waals surface area contributed by atoms with Gasteiger partial charge in [0.05, 0.1) is 11.5 Å². The van der Waals surface area contributed by atoms with Crippen LogP contribution in [0.2, 0.25) is 0 Å². The molecular formula is C13H22N2O5S. The van der Waals surface area contributed by atoms with Crippen LogP contribution in [0, 0.1) is 11.3 Å². The summed E-state index contributed by atoms with van der Waals surface area (Å²) in [4.78, 5) is 24.2. The van der Waals surface area contributed by atoms with Crippen molar-refractivity contribution < 1.29 is 23.1 Å². The number of sulfone groups is 1. The van der Waals surface area contributed by atoms with Crippen molar-refractivity contribution in [3.63, 3.8) is 0 Å². The fourth-order valence-electron chi connectivity index (χ4n) is 2.77. The molecule has 120 valence electrons. The molecule has 1 saturated heterocycles. The Labute approximate surface area is 124 Å². The zero-order valence-electron chi connectivity index (χ0n) is 12.3.